The highest BCUT2D eigenvalue weighted by molar-refractivity contribution is 7.99. The van der Waals surface area contributed by atoms with Gasteiger partial charge >= 0.3 is 7.60 Å². The second-order valence-corrected chi connectivity index (χ2v) is 12.6. The lowest BCUT2D eigenvalue weighted by Crippen LogP contribution is -2.22. The fraction of sp³-hybridized carbons (Fsp3) is 1.00. The van der Waals surface area contributed by atoms with Crippen LogP contribution in [0.1, 0.15) is 142 Å². The molecule has 1 unspecified atom stereocenters. The minimum Gasteiger partial charge on any atom is -0.377 e. The second kappa shape index (κ2) is 25.5. The third kappa shape index (κ3) is 28.6. The highest BCUT2D eigenvalue weighted by Gasteiger charge is 2.22. The zero-order valence-corrected chi connectivity index (χ0v) is 23.8. The van der Waals surface area contributed by atoms with Gasteiger partial charge in [-0.25, -0.2) is 0 Å². The average Bonchev–Trinajstić information content (AvgIpc) is 2.77. The molecule has 33 heavy (non-hydrogen) atoms. The predicted octanol–water partition coefficient (Wildman–Crippen LogP) is 9.12. The van der Waals surface area contributed by atoms with E-state index in [0.717, 1.165) is 18.6 Å². The molecular weight excluding hydrogens is 451 g/mol. The van der Waals surface area contributed by atoms with Crippen LogP contribution >= 0.6 is 19.4 Å². The Kier molecular flexibility index (Phi) is 25.9. The van der Waals surface area contributed by atoms with E-state index in [4.69, 9.17) is 4.74 Å². The Labute approximate surface area is 211 Å². The van der Waals surface area contributed by atoms with Crippen molar-refractivity contribution in [1.82, 2.24) is 0 Å². The molecule has 6 heteroatoms. The minimum atomic E-state index is -4.03. The van der Waals surface area contributed by atoms with Crippen molar-refractivity contribution in [3.05, 3.63) is 0 Å². The SMILES string of the molecule is CCCCCCCCCCCCOC(CSCCCCCCCCCCCC)CP(=O)(O)O. The van der Waals surface area contributed by atoms with Gasteiger partial charge in [-0.05, 0) is 18.6 Å². The molecule has 0 aliphatic carbocycles. The van der Waals surface area contributed by atoms with Crippen molar-refractivity contribution in [1.29, 1.82) is 0 Å². The van der Waals surface area contributed by atoms with Gasteiger partial charge in [-0.1, -0.05) is 129 Å². The van der Waals surface area contributed by atoms with Crippen LogP contribution in [0.4, 0.5) is 0 Å². The quantitative estimate of drug-likeness (QED) is 0.0855. The van der Waals surface area contributed by atoms with E-state index >= 15 is 0 Å². The molecule has 0 aliphatic rings. The van der Waals surface area contributed by atoms with E-state index in [1.807, 2.05) is 0 Å². The Morgan fingerprint density at radius 2 is 1.03 bits per heavy atom. The summed E-state index contributed by atoms with van der Waals surface area (Å²) in [5.41, 5.74) is 0. The van der Waals surface area contributed by atoms with Crippen LogP contribution in [-0.4, -0.2) is 40.2 Å². The van der Waals surface area contributed by atoms with E-state index in [1.165, 1.54) is 116 Å². The number of thioether (sulfide) groups is 1. The summed E-state index contributed by atoms with van der Waals surface area (Å²) in [6, 6.07) is 0. The summed E-state index contributed by atoms with van der Waals surface area (Å²) in [5.74, 6) is 1.76. The number of unbranched alkanes of at least 4 members (excludes halogenated alkanes) is 18. The molecule has 0 heterocycles. The molecule has 0 aliphatic heterocycles. The fourth-order valence-electron chi connectivity index (χ4n) is 4.16. The summed E-state index contributed by atoms with van der Waals surface area (Å²) in [4.78, 5) is 18.8. The van der Waals surface area contributed by atoms with Gasteiger partial charge in [0, 0.05) is 12.4 Å². The molecule has 4 nitrogen and oxygen atoms in total. The molecule has 0 saturated heterocycles. The molecule has 0 spiro atoms. The predicted molar refractivity (Wildman–Crippen MR) is 148 cm³/mol. The van der Waals surface area contributed by atoms with Gasteiger partial charge in [-0.15, -0.1) is 0 Å². The molecule has 0 saturated carbocycles. The van der Waals surface area contributed by atoms with Crippen molar-refractivity contribution in [2.24, 2.45) is 0 Å². The first kappa shape index (κ1) is 33.5. The number of hydrogen-bond donors (Lipinski definition) is 2. The van der Waals surface area contributed by atoms with Gasteiger partial charge in [-0.3, -0.25) is 4.57 Å². The highest BCUT2D eigenvalue weighted by Crippen LogP contribution is 2.36. The Balaban J connectivity index is 3.66. The summed E-state index contributed by atoms with van der Waals surface area (Å²) in [5, 5.41) is 0. The van der Waals surface area contributed by atoms with Crippen LogP contribution < -0.4 is 0 Å². The van der Waals surface area contributed by atoms with Crippen LogP contribution in [-0.2, 0) is 9.30 Å². The van der Waals surface area contributed by atoms with Gasteiger partial charge in [0.05, 0.1) is 12.3 Å². The van der Waals surface area contributed by atoms with E-state index in [0.29, 0.717) is 12.4 Å². The van der Waals surface area contributed by atoms with E-state index in [9.17, 15) is 14.4 Å². The molecule has 200 valence electrons. The molecule has 0 aromatic carbocycles. The zero-order valence-electron chi connectivity index (χ0n) is 22.1. The average molecular weight is 509 g/mol. The monoisotopic (exact) mass is 508 g/mol. The topological polar surface area (TPSA) is 66.8 Å². The van der Waals surface area contributed by atoms with Crippen molar-refractivity contribution < 1.29 is 19.1 Å². The number of hydrogen-bond acceptors (Lipinski definition) is 3. The Bertz CT molecular complexity index is 430. The van der Waals surface area contributed by atoms with Crippen LogP contribution in [0.15, 0.2) is 0 Å². The first-order chi connectivity index (χ1) is 16.0. The first-order valence-corrected chi connectivity index (χ1v) is 17.2. The standard InChI is InChI=1S/C27H57O4PS/c1-3-5-7-9-11-13-15-17-19-21-23-31-27(25-32(28,29)30)26-33-24-22-20-18-16-14-12-10-8-6-4-2/h27H,3-26H2,1-2H3,(H2,28,29,30). The number of ether oxygens (including phenoxy) is 1. The summed E-state index contributed by atoms with van der Waals surface area (Å²) >= 11 is 1.79. The Hall–Kier alpha value is 0.460. The normalized spacial score (nSPS) is 13.0. The van der Waals surface area contributed by atoms with Crippen molar-refractivity contribution in [3.63, 3.8) is 0 Å². The second-order valence-electron chi connectivity index (χ2n) is 9.78. The molecule has 0 aromatic rings. The molecule has 0 rings (SSSR count). The van der Waals surface area contributed by atoms with E-state index in [2.05, 4.69) is 13.8 Å². The van der Waals surface area contributed by atoms with Crippen LogP contribution in [0.2, 0.25) is 0 Å². The third-order valence-electron chi connectivity index (χ3n) is 6.24. The molecule has 0 fully saturated rings. The molecule has 2 N–H and O–H groups in total. The summed E-state index contributed by atoms with van der Waals surface area (Å²) in [6.45, 7) is 5.14. The van der Waals surface area contributed by atoms with E-state index in [1.54, 1.807) is 11.8 Å². The van der Waals surface area contributed by atoms with Crippen LogP contribution in [0, 0.1) is 0 Å². The summed E-state index contributed by atoms with van der Waals surface area (Å²) in [6.07, 6.45) is 25.7. The van der Waals surface area contributed by atoms with Gasteiger partial charge in [0.25, 0.3) is 0 Å². The first-order valence-electron chi connectivity index (χ1n) is 14.2. The summed E-state index contributed by atoms with van der Waals surface area (Å²) in [7, 11) is -4.03. The van der Waals surface area contributed by atoms with Crippen molar-refractivity contribution in [2.75, 3.05) is 24.3 Å². The van der Waals surface area contributed by atoms with Crippen LogP contribution in [0.25, 0.3) is 0 Å². The van der Waals surface area contributed by atoms with Crippen molar-refractivity contribution >= 4 is 19.4 Å². The largest absolute Gasteiger partial charge is 0.377 e. The van der Waals surface area contributed by atoms with Crippen LogP contribution in [0.3, 0.4) is 0 Å². The lowest BCUT2D eigenvalue weighted by atomic mass is 10.1. The van der Waals surface area contributed by atoms with Gasteiger partial charge in [-0.2, -0.15) is 11.8 Å². The Morgan fingerprint density at radius 3 is 1.45 bits per heavy atom. The third-order valence-corrected chi connectivity index (χ3v) is 8.31. The minimum absolute atomic E-state index is 0.143. The van der Waals surface area contributed by atoms with E-state index < -0.39 is 7.60 Å². The van der Waals surface area contributed by atoms with Gasteiger partial charge in [0.1, 0.15) is 0 Å². The lowest BCUT2D eigenvalue weighted by molar-refractivity contribution is 0.0774. The fourth-order valence-corrected chi connectivity index (χ4v) is 6.16. The zero-order chi connectivity index (χ0) is 24.5. The van der Waals surface area contributed by atoms with Crippen LogP contribution in [0.5, 0.6) is 0 Å². The lowest BCUT2D eigenvalue weighted by Gasteiger charge is -2.18. The maximum Gasteiger partial charge on any atom is 0.328 e. The molecule has 0 aromatic heterocycles. The molecular formula is C27H57O4PS. The maximum absolute atomic E-state index is 11.5. The maximum atomic E-state index is 11.5. The molecule has 0 bridgehead atoms. The van der Waals surface area contributed by atoms with E-state index in [-0.39, 0.29) is 12.3 Å². The smallest absolute Gasteiger partial charge is 0.328 e. The van der Waals surface area contributed by atoms with Gasteiger partial charge < -0.3 is 14.5 Å². The summed E-state index contributed by atoms with van der Waals surface area (Å²) < 4.78 is 17.3. The van der Waals surface area contributed by atoms with Crippen molar-refractivity contribution in [3.8, 4) is 0 Å². The van der Waals surface area contributed by atoms with Crippen molar-refractivity contribution in [2.45, 2.75) is 148 Å². The number of rotatable bonds is 27. The molecule has 0 radical (unpaired) electrons. The highest BCUT2D eigenvalue weighted by atomic mass is 32.2. The van der Waals surface area contributed by atoms with Gasteiger partial charge in [0.15, 0.2) is 0 Å². The van der Waals surface area contributed by atoms with Gasteiger partial charge in [0.2, 0.25) is 0 Å². The molecule has 1 atom stereocenters. The molecule has 0 amide bonds. The Morgan fingerprint density at radius 1 is 0.636 bits per heavy atom.